The first-order valence-corrected chi connectivity index (χ1v) is 25.2. The van der Waals surface area contributed by atoms with Crippen LogP contribution in [0.2, 0.25) is 0 Å². The molecule has 1 amide bonds. The molecule has 0 aromatic rings. The van der Waals surface area contributed by atoms with Crippen molar-refractivity contribution >= 4 is 5.91 Å². The Labute approximate surface area is 385 Å². The molecule has 2 saturated heterocycles. The van der Waals surface area contributed by atoms with Crippen molar-refractivity contribution in [2.45, 2.75) is 254 Å². The maximum absolute atomic E-state index is 13.0. The largest absolute Gasteiger partial charge is 0.394 e. The van der Waals surface area contributed by atoms with Crippen molar-refractivity contribution in [3.8, 4) is 0 Å². The average Bonchev–Trinajstić information content (AvgIpc) is 3.29. The Bertz CT molecular complexity index is 1220. The van der Waals surface area contributed by atoms with Crippen LogP contribution in [0.15, 0.2) is 36.5 Å². The first kappa shape index (κ1) is 58.3. The van der Waals surface area contributed by atoms with Gasteiger partial charge >= 0.3 is 0 Å². The van der Waals surface area contributed by atoms with E-state index in [1.165, 1.54) is 96.3 Å². The number of hydrogen-bond donors (Lipinski definition) is 9. The van der Waals surface area contributed by atoms with E-state index < -0.39 is 86.8 Å². The number of ether oxygens (including phenoxy) is 4. The highest BCUT2D eigenvalue weighted by atomic mass is 16.7. The molecule has 14 nitrogen and oxygen atoms in total. The molecule has 0 spiro atoms. The molecule has 374 valence electrons. The summed E-state index contributed by atoms with van der Waals surface area (Å²) >= 11 is 0. The smallest absolute Gasteiger partial charge is 0.220 e. The molecule has 2 heterocycles. The third kappa shape index (κ3) is 24.3. The van der Waals surface area contributed by atoms with Gasteiger partial charge in [0, 0.05) is 6.42 Å². The molecular formula is C50H91NO13. The summed E-state index contributed by atoms with van der Waals surface area (Å²) in [7, 11) is 0. The molecule has 0 radical (unpaired) electrons. The quantitative estimate of drug-likeness (QED) is 0.0244. The Kier molecular flexibility index (Phi) is 33.9. The fraction of sp³-hybridized carbons (Fsp3) is 0.860. The molecule has 2 aliphatic rings. The van der Waals surface area contributed by atoms with Gasteiger partial charge in [-0.25, -0.2) is 0 Å². The van der Waals surface area contributed by atoms with Gasteiger partial charge in [-0.05, 0) is 44.9 Å². The zero-order valence-electron chi connectivity index (χ0n) is 39.5. The number of carbonyl (C=O) groups excluding carboxylic acids is 1. The second kappa shape index (κ2) is 37.2. The summed E-state index contributed by atoms with van der Waals surface area (Å²) in [6.07, 6.45) is 25.2. The highest BCUT2D eigenvalue weighted by Crippen LogP contribution is 2.30. The number of nitrogens with one attached hydrogen (secondary N) is 1. The molecule has 0 aliphatic carbocycles. The van der Waals surface area contributed by atoms with Crippen molar-refractivity contribution < 1.29 is 64.6 Å². The van der Waals surface area contributed by atoms with Gasteiger partial charge < -0.3 is 65.1 Å². The molecule has 12 unspecified atom stereocenters. The fourth-order valence-electron chi connectivity index (χ4n) is 8.14. The predicted octanol–water partition coefficient (Wildman–Crippen LogP) is 6.32. The van der Waals surface area contributed by atoms with E-state index in [4.69, 9.17) is 18.9 Å². The molecule has 2 aliphatic heterocycles. The molecule has 64 heavy (non-hydrogen) atoms. The van der Waals surface area contributed by atoms with E-state index in [0.29, 0.717) is 12.8 Å². The van der Waals surface area contributed by atoms with Crippen molar-refractivity contribution in [2.75, 3.05) is 19.8 Å². The highest BCUT2D eigenvalue weighted by Gasteiger charge is 2.51. The van der Waals surface area contributed by atoms with Gasteiger partial charge in [-0.1, -0.05) is 166 Å². The van der Waals surface area contributed by atoms with Crippen molar-refractivity contribution in [2.24, 2.45) is 0 Å². The van der Waals surface area contributed by atoms with Crippen LogP contribution in [0.25, 0.3) is 0 Å². The first-order chi connectivity index (χ1) is 31.1. The number of amides is 1. The number of aliphatic hydroxyl groups is 8. The van der Waals surface area contributed by atoms with Gasteiger partial charge in [0.1, 0.15) is 48.8 Å². The summed E-state index contributed by atoms with van der Waals surface area (Å²) in [4.78, 5) is 13.0. The normalized spacial score (nSPS) is 27.5. The van der Waals surface area contributed by atoms with Gasteiger partial charge in [-0.15, -0.1) is 0 Å². The maximum Gasteiger partial charge on any atom is 0.220 e. The van der Waals surface area contributed by atoms with Crippen LogP contribution in [0.4, 0.5) is 0 Å². The lowest BCUT2D eigenvalue weighted by Gasteiger charge is -2.46. The van der Waals surface area contributed by atoms with Crippen LogP contribution in [-0.2, 0) is 23.7 Å². The lowest BCUT2D eigenvalue weighted by Crippen LogP contribution is -2.65. The van der Waals surface area contributed by atoms with E-state index in [9.17, 15) is 45.6 Å². The van der Waals surface area contributed by atoms with Crippen LogP contribution in [0, 0.1) is 0 Å². The van der Waals surface area contributed by atoms with Crippen LogP contribution in [-0.4, -0.2) is 140 Å². The lowest BCUT2D eigenvalue weighted by atomic mass is 9.97. The standard InChI is InChI=1S/C50H91NO13/c1-3-5-7-9-11-12-13-14-15-16-17-18-19-20-21-22-23-24-25-26-28-29-31-33-39(54)38(51-42(55)34-32-30-27-10-8-6-4-2)37-61-49-47(60)45(58)48(41(36-53)63-49)64-50-46(59)44(57)43(56)40(35-52)62-50/h21-22,25-26,31,33,38-41,43-50,52-54,56-60H,3-20,23-24,27-30,32,34-37H2,1-2H3,(H,51,55)/b22-21+,26-25+,33-31+. The molecular weight excluding hydrogens is 823 g/mol. The number of carbonyl (C=O) groups is 1. The lowest BCUT2D eigenvalue weighted by molar-refractivity contribution is -0.359. The van der Waals surface area contributed by atoms with Crippen LogP contribution < -0.4 is 5.32 Å². The molecule has 12 atom stereocenters. The van der Waals surface area contributed by atoms with Gasteiger partial charge in [0.2, 0.25) is 5.91 Å². The second-order valence-electron chi connectivity index (χ2n) is 17.9. The molecule has 2 fully saturated rings. The monoisotopic (exact) mass is 914 g/mol. The molecule has 9 N–H and O–H groups in total. The second-order valence-corrected chi connectivity index (χ2v) is 17.9. The van der Waals surface area contributed by atoms with Crippen molar-refractivity contribution in [3.05, 3.63) is 36.5 Å². The topological polar surface area (TPSA) is 228 Å². The Hall–Kier alpha value is -1.79. The van der Waals surface area contributed by atoms with Gasteiger partial charge in [-0.3, -0.25) is 4.79 Å². The minimum atomic E-state index is -1.79. The van der Waals surface area contributed by atoms with E-state index in [2.05, 4.69) is 43.5 Å². The third-order valence-corrected chi connectivity index (χ3v) is 12.3. The number of rotatable bonds is 38. The Balaban J connectivity index is 1.80. The van der Waals surface area contributed by atoms with E-state index in [-0.39, 0.29) is 18.9 Å². The zero-order valence-corrected chi connectivity index (χ0v) is 39.5. The molecule has 0 bridgehead atoms. The van der Waals surface area contributed by atoms with E-state index in [1.807, 2.05) is 6.08 Å². The molecule has 14 heteroatoms. The predicted molar refractivity (Wildman–Crippen MR) is 249 cm³/mol. The summed E-state index contributed by atoms with van der Waals surface area (Å²) in [6, 6.07) is -0.932. The van der Waals surface area contributed by atoms with Crippen molar-refractivity contribution in [1.82, 2.24) is 5.32 Å². The SMILES string of the molecule is CCCCCCCCCCCCCCC/C=C/CC/C=C/CC/C=C/C(O)C(COC1OC(CO)C(OC2OC(CO)C(O)C(O)C2O)C(O)C1O)NC(=O)CCCCCCCCC. The van der Waals surface area contributed by atoms with Crippen molar-refractivity contribution in [1.29, 1.82) is 0 Å². The molecule has 0 saturated carbocycles. The number of hydrogen-bond acceptors (Lipinski definition) is 13. The minimum absolute atomic E-state index is 0.262. The van der Waals surface area contributed by atoms with Gasteiger partial charge in [-0.2, -0.15) is 0 Å². The summed E-state index contributed by atoms with van der Waals surface area (Å²) in [5.41, 5.74) is 0. The van der Waals surface area contributed by atoms with Crippen molar-refractivity contribution in [3.63, 3.8) is 0 Å². The minimum Gasteiger partial charge on any atom is -0.394 e. The van der Waals surface area contributed by atoms with Gasteiger partial charge in [0.15, 0.2) is 12.6 Å². The number of unbranched alkanes of at least 4 members (excludes halogenated alkanes) is 21. The molecule has 0 aromatic heterocycles. The summed E-state index contributed by atoms with van der Waals surface area (Å²) in [5, 5.41) is 86.4. The van der Waals surface area contributed by atoms with E-state index in [1.54, 1.807) is 6.08 Å². The Morgan fingerprint density at radius 1 is 0.547 bits per heavy atom. The molecule has 0 aromatic carbocycles. The van der Waals surface area contributed by atoms with E-state index >= 15 is 0 Å². The van der Waals surface area contributed by atoms with Crippen LogP contribution in [0.3, 0.4) is 0 Å². The summed E-state index contributed by atoms with van der Waals surface area (Å²) in [6.45, 7) is 2.69. The first-order valence-electron chi connectivity index (χ1n) is 25.2. The fourth-order valence-corrected chi connectivity index (χ4v) is 8.14. The third-order valence-electron chi connectivity index (χ3n) is 12.3. The van der Waals surface area contributed by atoms with Gasteiger partial charge in [0.25, 0.3) is 0 Å². The van der Waals surface area contributed by atoms with Crippen LogP contribution in [0.1, 0.15) is 181 Å². The molecule has 2 rings (SSSR count). The number of aliphatic hydroxyl groups excluding tert-OH is 8. The van der Waals surface area contributed by atoms with Crippen LogP contribution >= 0.6 is 0 Å². The summed E-state index contributed by atoms with van der Waals surface area (Å²) < 4.78 is 22.6. The zero-order chi connectivity index (χ0) is 46.8. The van der Waals surface area contributed by atoms with Crippen LogP contribution in [0.5, 0.6) is 0 Å². The summed E-state index contributed by atoms with van der Waals surface area (Å²) in [5.74, 6) is -0.262. The Morgan fingerprint density at radius 3 is 1.53 bits per heavy atom. The van der Waals surface area contributed by atoms with E-state index in [0.717, 1.165) is 51.4 Å². The van der Waals surface area contributed by atoms with Gasteiger partial charge in [0.05, 0.1) is 32.0 Å². The highest BCUT2D eigenvalue weighted by molar-refractivity contribution is 5.76. The maximum atomic E-state index is 13.0. The number of allylic oxidation sites excluding steroid dienone is 5. The Morgan fingerprint density at radius 2 is 1.00 bits per heavy atom. The average molecular weight is 914 g/mol.